The monoisotopic (exact) mass is 506 g/mol. The van der Waals surface area contributed by atoms with Gasteiger partial charge in [-0.1, -0.05) is 42.8 Å². The van der Waals surface area contributed by atoms with Crippen LogP contribution in [0.3, 0.4) is 0 Å². The average molecular weight is 507 g/mol. The first-order chi connectivity index (χ1) is 17.0. The molecule has 182 valence electrons. The molecule has 0 unspecified atom stereocenters. The second-order valence-electron chi connectivity index (χ2n) is 10.2. The Balaban J connectivity index is 1.38. The lowest BCUT2D eigenvalue weighted by Crippen LogP contribution is -2.50. The van der Waals surface area contributed by atoms with E-state index >= 15 is 0 Å². The van der Waals surface area contributed by atoms with Gasteiger partial charge in [0, 0.05) is 0 Å². The quantitative estimate of drug-likeness (QED) is 0.420. The first-order valence-corrected chi connectivity index (χ1v) is 14.5. The molecule has 0 radical (unpaired) electrons. The van der Waals surface area contributed by atoms with Crippen molar-refractivity contribution in [1.82, 2.24) is 9.78 Å². The zero-order chi connectivity index (χ0) is 24.0. The number of aliphatic hydroxyl groups excluding tert-OH is 1. The number of hydrogen-bond donors (Lipinski definition) is 1. The van der Waals surface area contributed by atoms with Crippen molar-refractivity contribution in [2.75, 3.05) is 11.5 Å². The highest BCUT2D eigenvalue weighted by Gasteiger charge is 2.53. The van der Waals surface area contributed by atoms with Gasteiger partial charge in [-0.15, -0.1) is 23.5 Å². The number of benzene rings is 2. The number of hydrogen-bond acceptors (Lipinski definition) is 4. The molecule has 1 saturated heterocycles. The Bertz CT molecular complexity index is 1230. The highest BCUT2D eigenvalue weighted by molar-refractivity contribution is 8.18. The molecule has 1 saturated carbocycles. The number of aliphatic hydroxyl groups is 1. The van der Waals surface area contributed by atoms with E-state index in [1.54, 1.807) is 12.1 Å². The van der Waals surface area contributed by atoms with Crippen molar-refractivity contribution in [3.8, 4) is 5.69 Å². The van der Waals surface area contributed by atoms with Crippen LogP contribution >= 0.6 is 23.5 Å². The van der Waals surface area contributed by atoms with E-state index in [1.165, 1.54) is 35.3 Å². The molecule has 3 nitrogen and oxygen atoms in total. The number of thioether (sulfide) groups is 2. The molecule has 0 bridgehead atoms. The van der Waals surface area contributed by atoms with Gasteiger partial charge in [0.05, 0.1) is 23.7 Å². The van der Waals surface area contributed by atoms with E-state index in [2.05, 4.69) is 48.4 Å². The summed E-state index contributed by atoms with van der Waals surface area (Å²) in [6.45, 7) is 2.36. The van der Waals surface area contributed by atoms with Crippen molar-refractivity contribution in [2.24, 2.45) is 11.3 Å². The third-order valence-corrected chi connectivity index (χ3v) is 11.7. The maximum Gasteiger partial charge on any atom is 0.123 e. The molecule has 1 aliphatic heterocycles. The molecular formula is C29H31FN2OS2. The molecule has 6 rings (SSSR count). The van der Waals surface area contributed by atoms with Crippen molar-refractivity contribution in [3.05, 3.63) is 89.0 Å². The van der Waals surface area contributed by atoms with E-state index in [-0.39, 0.29) is 21.2 Å². The summed E-state index contributed by atoms with van der Waals surface area (Å²) in [5.74, 6) is 2.10. The van der Waals surface area contributed by atoms with Crippen molar-refractivity contribution >= 4 is 29.6 Å². The van der Waals surface area contributed by atoms with Crippen LogP contribution in [0.25, 0.3) is 11.8 Å². The van der Waals surface area contributed by atoms with Crippen LogP contribution in [-0.4, -0.2) is 32.5 Å². The molecule has 35 heavy (non-hydrogen) atoms. The smallest absolute Gasteiger partial charge is 0.123 e. The summed E-state index contributed by atoms with van der Waals surface area (Å²) >= 11 is 3.88. The predicted octanol–water partition coefficient (Wildman–Crippen LogP) is 6.84. The van der Waals surface area contributed by atoms with Crippen molar-refractivity contribution in [2.45, 2.75) is 49.2 Å². The van der Waals surface area contributed by atoms with E-state index in [4.69, 9.17) is 0 Å². The number of fused-ring (bicyclic) bond motifs is 2. The molecule has 1 N–H and O–H groups in total. The van der Waals surface area contributed by atoms with Gasteiger partial charge in [-0.05, 0) is 96.4 Å². The first-order valence-electron chi connectivity index (χ1n) is 12.6. The van der Waals surface area contributed by atoms with Crippen LogP contribution < -0.4 is 0 Å². The molecule has 2 aromatic carbocycles. The van der Waals surface area contributed by atoms with Gasteiger partial charge in [0.2, 0.25) is 0 Å². The van der Waals surface area contributed by atoms with Crippen molar-refractivity contribution in [1.29, 1.82) is 0 Å². The Morgan fingerprint density at radius 3 is 2.54 bits per heavy atom. The maximum atomic E-state index is 13.5. The van der Waals surface area contributed by atoms with E-state index < -0.39 is 6.10 Å². The molecule has 0 amide bonds. The van der Waals surface area contributed by atoms with Crippen LogP contribution in [0.2, 0.25) is 0 Å². The molecule has 6 heteroatoms. The molecule has 2 heterocycles. The summed E-state index contributed by atoms with van der Waals surface area (Å²) in [5, 5.41) is 16.9. The molecule has 1 aromatic heterocycles. The SMILES string of the molecule is C[C@]12Cc3cnn(-c4ccc(F)cc4)c3C=C1CCC[C@@H]2[C@@H](O)C1(c2ccccc2)SCCCS1. The van der Waals surface area contributed by atoms with Gasteiger partial charge < -0.3 is 5.11 Å². The fraction of sp³-hybridized carbons (Fsp3) is 0.414. The summed E-state index contributed by atoms with van der Waals surface area (Å²) in [5.41, 5.74) is 5.72. The fourth-order valence-electron chi connectivity index (χ4n) is 6.36. The van der Waals surface area contributed by atoms with Crippen LogP contribution in [0.15, 0.2) is 66.4 Å². The highest BCUT2D eigenvalue weighted by atomic mass is 32.2. The molecule has 2 aliphatic carbocycles. The lowest BCUT2D eigenvalue weighted by atomic mass is 9.57. The minimum atomic E-state index is -0.442. The van der Waals surface area contributed by atoms with Gasteiger partial charge >= 0.3 is 0 Å². The Morgan fingerprint density at radius 2 is 1.80 bits per heavy atom. The minimum Gasteiger partial charge on any atom is -0.390 e. The number of nitrogens with zero attached hydrogens (tertiary/aromatic N) is 2. The number of halogens is 1. The normalized spacial score (nSPS) is 26.4. The van der Waals surface area contributed by atoms with E-state index in [0.29, 0.717) is 0 Å². The lowest BCUT2D eigenvalue weighted by Gasteiger charge is -2.52. The third kappa shape index (κ3) is 3.89. The van der Waals surface area contributed by atoms with Crippen LogP contribution in [0.5, 0.6) is 0 Å². The van der Waals surface area contributed by atoms with E-state index in [0.717, 1.165) is 48.6 Å². The fourth-order valence-corrected chi connectivity index (χ4v) is 9.84. The number of allylic oxidation sites excluding steroid dienone is 1. The number of rotatable bonds is 4. The van der Waals surface area contributed by atoms with E-state index in [9.17, 15) is 9.50 Å². The van der Waals surface area contributed by atoms with Crippen LogP contribution in [-0.2, 0) is 10.5 Å². The summed E-state index contributed by atoms with van der Waals surface area (Å²) in [4.78, 5) is 0. The lowest BCUT2D eigenvalue weighted by molar-refractivity contribution is 0.0147. The Hall–Kier alpha value is -2.02. The zero-order valence-electron chi connectivity index (χ0n) is 20.0. The Labute approximate surface area is 215 Å². The summed E-state index contributed by atoms with van der Waals surface area (Å²) in [7, 11) is 0. The van der Waals surface area contributed by atoms with Crippen molar-refractivity contribution < 1.29 is 9.50 Å². The average Bonchev–Trinajstić information content (AvgIpc) is 3.29. The van der Waals surface area contributed by atoms with Gasteiger partial charge in [0.25, 0.3) is 0 Å². The molecular weight excluding hydrogens is 475 g/mol. The third-order valence-electron chi connectivity index (χ3n) is 8.21. The summed E-state index contributed by atoms with van der Waals surface area (Å²) < 4.78 is 15.1. The Morgan fingerprint density at radius 1 is 1.06 bits per heavy atom. The first kappa shape index (κ1) is 23.4. The molecule has 2 fully saturated rings. The Kier molecular flexibility index (Phi) is 6.10. The molecule has 0 spiro atoms. The largest absolute Gasteiger partial charge is 0.390 e. The topological polar surface area (TPSA) is 38.0 Å². The minimum absolute atomic E-state index is 0.109. The van der Waals surface area contributed by atoms with Gasteiger partial charge in [0.15, 0.2) is 0 Å². The van der Waals surface area contributed by atoms with Crippen LogP contribution in [0.4, 0.5) is 4.39 Å². The second-order valence-corrected chi connectivity index (χ2v) is 13.2. The summed E-state index contributed by atoms with van der Waals surface area (Å²) in [6, 6.07) is 17.2. The van der Waals surface area contributed by atoms with Gasteiger partial charge in [-0.2, -0.15) is 5.10 Å². The van der Waals surface area contributed by atoms with Crippen molar-refractivity contribution in [3.63, 3.8) is 0 Å². The van der Waals surface area contributed by atoms with Gasteiger partial charge in [-0.3, -0.25) is 0 Å². The standard InChI is InChI=1S/C29H31FN2OS2/c1-28-18-20-19-31-32(24-13-11-23(30)12-14-24)26(20)17-22(28)9-5-10-25(28)27(33)29(34-15-6-16-35-29)21-7-3-2-4-8-21/h2-4,7-8,11-14,17,19,25,27,33H,5-6,9-10,15-16,18H2,1H3/t25-,27-,28+/m1/s1. The highest BCUT2D eigenvalue weighted by Crippen LogP contribution is 2.60. The number of aromatic nitrogens is 2. The molecule has 3 aliphatic rings. The predicted molar refractivity (Wildman–Crippen MR) is 144 cm³/mol. The maximum absolute atomic E-state index is 13.5. The van der Waals surface area contributed by atoms with Crippen LogP contribution in [0, 0.1) is 17.2 Å². The zero-order valence-corrected chi connectivity index (χ0v) is 21.6. The molecule has 3 aromatic rings. The van der Waals surface area contributed by atoms with Gasteiger partial charge in [-0.25, -0.2) is 9.07 Å². The summed E-state index contributed by atoms with van der Waals surface area (Å²) in [6.07, 6.45) is 9.06. The molecule has 3 atom stereocenters. The van der Waals surface area contributed by atoms with Gasteiger partial charge in [0.1, 0.15) is 9.90 Å². The van der Waals surface area contributed by atoms with E-state index in [1.807, 2.05) is 34.4 Å². The second kappa shape index (κ2) is 9.13. The van der Waals surface area contributed by atoms with Crippen LogP contribution in [0.1, 0.15) is 49.4 Å².